The number of carbonyl (C=O) groups is 1. The van der Waals surface area contributed by atoms with Gasteiger partial charge in [0, 0.05) is 11.6 Å². The van der Waals surface area contributed by atoms with Crippen molar-refractivity contribution in [3.05, 3.63) is 42.2 Å². The number of nitrogens with zero attached hydrogens (tertiary/aromatic N) is 1. The maximum Gasteiger partial charge on any atom is 0.195 e. The van der Waals surface area contributed by atoms with Crippen molar-refractivity contribution in [1.29, 1.82) is 0 Å². The quantitative estimate of drug-likeness (QED) is 0.557. The molecule has 2 rings (SSSR count). The smallest absolute Gasteiger partial charge is 0.195 e. The van der Waals surface area contributed by atoms with Gasteiger partial charge >= 0.3 is 0 Å². The lowest BCUT2D eigenvalue weighted by Gasteiger charge is -1.99. The third kappa shape index (κ3) is 1.61. The molecule has 0 aliphatic carbocycles. The number of Topliss-reactive ketones (excluding diaryl/α,β-unsaturated/α-hetero) is 1. The standard InChI is InChI=1S/C11H8ClNO/c12-6-11(14)10-5-8-3-1-2-4-9(8)7-13-10/h1-5,7H,6H2. The number of benzene rings is 1. The molecule has 1 aromatic carbocycles. The minimum atomic E-state index is -0.141. The molecular weight excluding hydrogens is 198 g/mol. The first-order chi connectivity index (χ1) is 6.81. The highest BCUT2D eigenvalue weighted by atomic mass is 35.5. The van der Waals surface area contributed by atoms with Gasteiger partial charge in [0.15, 0.2) is 5.78 Å². The largest absolute Gasteiger partial charge is 0.291 e. The predicted molar refractivity (Wildman–Crippen MR) is 56.8 cm³/mol. The first-order valence-corrected chi connectivity index (χ1v) is 4.78. The fraction of sp³-hybridized carbons (Fsp3) is 0.0909. The molecule has 0 amide bonds. The number of aromatic nitrogens is 1. The van der Waals surface area contributed by atoms with Crippen LogP contribution in [0.2, 0.25) is 0 Å². The predicted octanol–water partition coefficient (Wildman–Crippen LogP) is 2.66. The van der Waals surface area contributed by atoms with Crippen LogP contribution in [0.4, 0.5) is 0 Å². The lowest BCUT2D eigenvalue weighted by Crippen LogP contribution is -2.02. The van der Waals surface area contributed by atoms with Gasteiger partial charge in [0.05, 0.1) is 5.88 Å². The Morgan fingerprint density at radius 3 is 2.71 bits per heavy atom. The summed E-state index contributed by atoms with van der Waals surface area (Å²) in [6, 6.07) is 9.53. The van der Waals surface area contributed by atoms with E-state index < -0.39 is 0 Å². The number of carbonyl (C=O) groups excluding carboxylic acids is 1. The zero-order valence-electron chi connectivity index (χ0n) is 7.40. The van der Waals surface area contributed by atoms with E-state index in [0.29, 0.717) is 5.69 Å². The topological polar surface area (TPSA) is 30.0 Å². The van der Waals surface area contributed by atoms with Crippen LogP contribution in [0.25, 0.3) is 10.8 Å². The van der Waals surface area contributed by atoms with Gasteiger partial charge in [-0.15, -0.1) is 11.6 Å². The van der Waals surface area contributed by atoms with Crippen LogP contribution in [0.15, 0.2) is 36.5 Å². The van der Waals surface area contributed by atoms with Crippen molar-refractivity contribution in [3.63, 3.8) is 0 Å². The number of pyridine rings is 1. The number of hydrogen-bond acceptors (Lipinski definition) is 2. The van der Waals surface area contributed by atoms with Crippen LogP contribution in [0.1, 0.15) is 10.5 Å². The monoisotopic (exact) mass is 205 g/mol. The summed E-state index contributed by atoms with van der Waals surface area (Å²) >= 11 is 5.45. The third-order valence-electron chi connectivity index (χ3n) is 2.04. The molecule has 0 atom stereocenters. The van der Waals surface area contributed by atoms with Gasteiger partial charge in [-0.25, -0.2) is 0 Å². The van der Waals surface area contributed by atoms with Gasteiger partial charge in [0.2, 0.25) is 0 Å². The van der Waals surface area contributed by atoms with Gasteiger partial charge in [-0.1, -0.05) is 24.3 Å². The molecule has 0 spiro atoms. The summed E-state index contributed by atoms with van der Waals surface area (Å²) in [6.45, 7) is 0. The summed E-state index contributed by atoms with van der Waals surface area (Å²) in [5.74, 6) is -0.164. The number of rotatable bonds is 2. The van der Waals surface area contributed by atoms with Crippen molar-refractivity contribution in [2.75, 3.05) is 5.88 Å². The van der Waals surface area contributed by atoms with Crippen LogP contribution in [0.3, 0.4) is 0 Å². The highest BCUT2D eigenvalue weighted by molar-refractivity contribution is 6.30. The molecule has 0 fully saturated rings. The van der Waals surface area contributed by atoms with Crippen molar-refractivity contribution in [2.45, 2.75) is 0 Å². The number of hydrogen-bond donors (Lipinski definition) is 0. The summed E-state index contributed by atoms with van der Waals surface area (Å²) in [7, 11) is 0. The molecule has 14 heavy (non-hydrogen) atoms. The molecule has 0 radical (unpaired) electrons. The first-order valence-electron chi connectivity index (χ1n) is 4.25. The number of alkyl halides is 1. The Bertz CT molecular complexity index is 481. The molecule has 0 aliphatic heterocycles. The third-order valence-corrected chi connectivity index (χ3v) is 2.28. The van der Waals surface area contributed by atoms with Gasteiger partial charge in [-0.2, -0.15) is 0 Å². The molecule has 70 valence electrons. The normalized spacial score (nSPS) is 10.4. The van der Waals surface area contributed by atoms with Gasteiger partial charge in [0.1, 0.15) is 5.69 Å². The van der Waals surface area contributed by atoms with Crippen LogP contribution in [0, 0.1) is 0 Å². The van der Waals surface area contributed by atoms with E-state index in [-0.39, 0.29) is 11.7 Å². The Morgan fingerprint density at radius 1 is 1.29 bits per heavy atom. The van der Waals surface area contributed by atoms with Crippen molar-refractivity contribution in [1.82, 2.24) is 4.98 Å². The Morgan fingerprint density at radius 2 is 2.00 bits per heavy atom. The minimum absolute atomic E-state index is 0.0225. The van der Waals surface area contributed by atoms with Gasteiger partial charge in [0.25, 0.3) is 0 Å². The Balaban J connectivity index is 2.56. The summed E-state index contributed by atoms with van der Waals surface area (Å²) in [5, 5.41) is 2.04. The van der Waals surface area contributed by atoms with Crippen molar-refractivity contribution >= 4 is 28.2 Å². The zero-order chi connectivity index (χ0) is 9.97. The molecule has 2 aromatic rings. The van der Waals surface area contributed by atoms with E-state index in [1.165, 1.54) is 0 Å². The number of fused-ring (bicyclic) bond motifs is 1. The van der Waals surface area contributed by atoms with E-state index in [2.05, 4.69) is 4.98 Å². The average Bonchev–Trinajstić information content (AvgIpc) is 2.27. The molecular formula is C11H8ClNO. The second kappa shape index (κ2) is 3.76. The fourth-order valence-corrected chi connectivity index (χ4v) is 1.44. The van der Waals surface area contributed by atoms with Crippen LogP contribution < -0.4 is 0 Å². The van der Waals surface area contributed by atoms with Crippen LogP contribution in [0.5, 0.6) is 0 Å². The van der Waals surface area contributed by atoms with E-state index >= 15 is 0 Å². The minimum Gasteiger partial charge on any atom is -0.291 e. The zero-order valence-corrected chi connectivity index (χ0v) is 8.16. The molecule has 1 heterocycles. The Hall–Kier alpha value is -1.41. The van der Waals surface area contributed by atoms with Gasteiger partial charge in [-0.05, 0) is 11.5 Å². The van der Waals surface area contributed by atoms with Gasteiger partial charge in [-0.3, -0.25) is 9.78 Å². The maximum atomic E-state index is 11.3. The summed E-state index contributed by atoms with van der Waals surface area (Å²) in [5.41, 5.74) is 0.429. The molecule has 1 aromatic heterocycles. The van der Waals surface area contributed by atoms with E-state index in [1.54, 1.807) is 12.3 Å². The Kier molecular flexibility index (Phi) is 2.46. The summed E-state index contributed by atoms with van der Waals surface area (Å²) in [6.07, 6.45) is 1.69. The SMILES string of the molecule is O=C(CCl)c1cc2ccccc2cn1. The maximum absolute atomic E-state index is 11.3. The highest BCUT2D eigenvalue weighted by Crippen LogP contribution is 2.13. The molecule has 3 heteroatoms. The molecule has 0 unspecified atom stereocenters. The van der Waals surface area contributed by atoms with E-state index in [4.69, 9.17) is 11.6 Å². The van der Waals surface area contributed by atoms with E-state index in [0.717, 1.165) is 10.8 Å². The molecule has 0 saturated heterocycles. The second-order valence-electron chi connectivity index (χ2n) is 2.97. The van der Waals surface area contributed by atoms with Gasteiger partial charge < -0.3 is 0 Å². The molecule has 2 nitrogen and oxygen atoms in total. The lowest BCUT2D eigenvalue weighted by molar-refractivity contribution is 0.101. The Labute approximate surface area is 86.5 Å². The fourth-order valence-electron chi connectivity index (χ4n) is 1.30. The second-order valence-corrected chi connectivity index (χ2v) is 3.24. The molecule has 0 bridgehead atoms. The lowest BCUT2D eigenvalue weighted by atomic mass is 10.1. The average molecular weight is 206 g/mol. The first kappa shape index (κ1) is 9.16. The summed E-state index contributed by atoms with van der Waals surface area (Å²) in [4.78, 5) is 15.3. The summed E-state index contributed by atoms with van der Waals surface area (Å²) < 4.78 is 0. The molecule has 0 N–H and O–H groups in total. The van der Waals surface area contributed by atoms with Crippen molar-refractivity contribution < 1.29 is 4.79 Å². The molecule has 0 aliphatic rings. The van der Waals surface area contributed by atoms with E-state index in [9.17, 15) is 4.79 Å². The van der Waals surface area contributed by atoms with Crippen molar-refractivity contribution in [3.8, 4) is 0 Å². The van der Waals surface area contributed by atoms with Crippen molar-refractivity contribution in [2.24, 2.45) is 0 Å². The van der Waals surface area contributed by atoms with Crippen LogP contribution in [-0.4, -0.2) is 16.6 Å². The highest BCUT2D eigenvalue weighted by Gasteiger charge is 2.05. The number of halogens is 1. The number of ketones is 1. The molecule has 0 saturated carbocycles. The van der Waals surface area contributed by atoms with Crippen LogP contribution >= 0.6 is 11.6 Å². The van der Waals surface area contributed by atoms with Crippen LogP contribution in [-0.2, 0) is 0 Å². The van der Waals surface area contributed by atoms with E-state index in [1.807, 2.05) is 24.3 Å².